The zero-order valence-electron chi connectivity index (χ0n) is 14.4. The van der Waals surface area contributed by atoms with Crippen LogP contribution in [0.4, 0.5) is 5.69 Å². The number of aryl methyl sites for hydroxylation is 1. The van der Waals surface area contributed by atoms with E-state index in [1.54, 1.807) is 18.4 Å². The molecule has 3 rings (SSSR count). The van der Waals surface area contributed by atoms with E-state index in [0.29, 0.717) is 5.76 Å². The van der Waals surface area contributed by atoms with Crippen molar-refractivity contribution in [2.45, 2.75) is 32.7 Å². The summed E-state index contributed by atoms with van der Waals surface area (Å²) in [7, 11) is 0. The fourth-order valence-electron chi connectivity index (χ4n) is 3.34. The normalized spacial score (nSPS) is 16.2. The van der Waals surface area contributed by atoms with E-state index in [1.807, 2.05) is 17.0 Å². The van der Waals surface area contributed by atoms with Gasteiger partial charge in [0.1, 0.15) is 0 Å². The summed E-state index contributed by atoms with van der Waals surface area (Å²) >= 11 is 0. The van der Waals surface area contributed by atoms with Crippen LogP contribution in [0.25, 0.3) is 0 Å². The van der Waals surface area contributed by atoms with Crippen LogP contribution in [-0.4, -0.2) is 36.5 Å². The Labute approximate surface area is 144 Å². The van der Waals surface area contributed by atoms with E-state index in [4.69, 9.17) is 4.42 Å². The van der Waals surface area contributed by atoms with Crippen LogP contribution in [0.5, 0.6) is 0 Å². The molecule has 4 heteroatoms. The van der Waals surface area contributed by atoms with Gasteiger partial charge in [-0.25, -0.2) is 0 Å². The molecule has 0 spiro atoms. The van der Waals surface area contributed by atoms with Gasteiger partial charge in [-0.15, -0.1) is 0 Å². The van der Waals surface area contributed by atoms with E-state index in [1.165, 1.54) is 5.56 Å². The van der Waals surface area contributed by atoms with E-state index < -0.39 is 0 Å². The zero-order chi connectivity index (χ0) is 16.9. The summed E-state index contributed by atoms with van der Waals surface area (Å²) in [5.41, 5.74) is 2.14. The van der Waals surface area contributed by atoms with E-state index in [0.717, 1.165) is 38.2 Å². The number of likely N-dealkylation sites (tertiary alicyclic amines) is 1. The van der Waals surface area contributed by atoms with Crippen LogP contribution in [0.2, 0.25) is 0 Å². The molecule has 1 aromatic heterocycles. The zero-order valence-corrected chi connectivity index (χ0v) is 14.4. The van der Waals surface area contributed by atoms with Crippen LogP contribution in [0, 0.1) is 13.3 Å². The fraction of sp³-hybridized carbons (Fsp3) is 0.400. The molecular weight excluding hydrogens is 300 g/mol. The first-order valence-electron chi connectivity index (χ1n) is 8.63. The third-order valence-electron chi connectivity index (χ3n) is 4.63. The van der Waals surface area contributed by atoms with Crippen molar-refractivity contribution < 1.29 is 9.21 Å². The number of carbonyl (C=O) groups is 1. The van der Waals surface area contributed by atoms with Crippen LogP contribution in [-0.2, 0) is 0 Å². The summed E-state index contributed by atoms with van der Waals surface area (Å²) in [5, 5.41) is 0. The van der Waals surface area contributed by atoms with Gasteiger partial charge < -0.3 is 14.2 Å². The first kappa shape index (κ1) is 16.8. The molecule has 0 saturated carbocycles. The molecule has 2 heterocycles. The molecule has 0 bridgehead atoms. The summed E-state index contributed by atoms with van der Waals surface area (Å²) in [5.74, 6) is 0.351. The second-order valence-corrected chi connectivity index (χ2v) is 6.43. The van der Waals surface area contributed by atoms with Gasteiger partial charge in [0.25, 0.3) is 5.91 Å². The average molecular weight is 325 g/mol. The van der Waals surface area contributed by atoms with Crippen molar-refractivity contribution in [3.05, 3.63) is 60.4 Å². The van der Waals surface area contributed by atoms with Crippen LogP contribution < -0.4 is 4.90 Å². The maximum atomic E-state index is 13.0. The largest absolute Gasteiger partial charge is 0.459 e. The fourth-order valence-corrected chi connectivity index (χ4v) is 3.34. The second-order valence-electron chi connectivity index (χ2n) is 6.43. The van der Waals surface area contributed by atoms with Crippen molar-refractivity contribution in [1.29, 1.82) is 0 Å². The van der Waals surface area contributed by atoms with Crippen molar-refractivity contribution in [1.82, 2.24) is 4.90 Å². The highest BCUT2D eigenvalue weighted by Gasteiger charge is 2.30. The first-order chi connectivity index (χ1) is 11.7. The Morgan fingerprint density at radius 2 is 1.96 bits per heavy atom. The molecule has 1 fully saturated rings. The Bertz CT molecular complexity index is 641. The van der Waals surface area contributed by atoms with Crippen LogP contribution in [0.1, 0.15) is 35.9 Å². The van der Waals surface area contributed by atoms with Crippen molar-refractivity contribution in [2.75, 3.05) is 24.5 Å². The standard InChI is InChI=1S/C20H25N2O2/c1-3-12-21-13-10-18(11-14-21)22(17-8-6-16(2)7-9-17)20(23)19-5-4-15-24-19/h3-9,15,18H,10-14H2,1-2H3. The van der Waals surface area contributed by atoms with Crippen molar-refractivity contribution in [3.63, 3.8) is 0 Å². The van der Waals surface area contributed by atoms with Crippen LogP contribution >= 0.6 is 0 Å². The number of nitrogens with zero attached hydrogens (tertiary/aromatic N) is 2. The van der Waals surface area contributed by atoms with Gasteiger partial charge in [-0.3, -0.25) is 4.79 Å². The van der Waals surface area contributed by atoms with Gasteiger partial charge in [0, 0.05) is 31.4 Å². The molecule has 2 aromatic rings. The minimum Gasteiger partial charge on any atom is -0.459 e. The Balaban J connectivity index is 1.83. The lowest BCUT2D eigenvalue weighted by atomic mass is 10.0. The van der Waals surface area contributed by atoms with Crippen molar-refractivity contribution >= 4 is 11.6 Å². The third kappa shape index (κ3) is 3.70. The lowest BCUT2D eigenvalue weighted by molar-refractivity contribution is 0.0934. The molecule has 1 aliphatic rings. The third-order valence-corrected chi connectivity index (χ3v) is 4.63. The van der Waals surface area contributed by atoms with Gasteiger partial charge in [-0.05, 0) is 50.5 Å². The molecule has 1 aliphatic heterocycles. The molecule has 1 amide bonds. The summed E-state index contributed by atoms with van der Waals surface area (Å²) in [6, 6.07) is 11.9. The molecule has 0 atom stereocenters. The molecule has 0 aliphatic carbocycles. The molecule has 127 valence electrons. The van der Waals surface area contributed by atoms with E-state index in [-0.39, 0.29) is 11.9 Å². The monoisotopic (exact) mass is 325 g/mol. The Hall–Kier alpha value is -2.07. The maximum Gasteiger partial charge on any atom is 0.294 e. The Morgan fingerprint density at radius 3 is 2.54 bits per heavy atom. The number of furan rings is 1. The minimum absolute atomic E-state index is 0.0515. The summed E-state index contributed by atoms with van der Waals surface area (Å²) in [4.78, 5) is 17.4. The number of carbonyl (C=O) groups excluding carboxylic acids is 1. The minimum atomic E-state index is -0.0515. The smallest absolute Gasteiger partial charge is 0.294 e. The van der Waals surface area contributed by atoms with Gasteiger partial charge in [-0.2, -0.15) is 0 Å². The molecule has 1 radical (unpaired) electrons. The summed E-state index contributed by atoms with van der Waals surface area (Å²) in [6.07, 6.45) is 5.70. The molecule has 4 nitrogen and oxygen atoms in total. The Morgan fingerprint density at radius 1 is 1.25 bits per heavy atom. The lowest BCUT2D eigenvalue weighted by Gasteiger charge is -2.38. The van der Waals surface area contributed by atoms with E-state index >= 15 is 0 Å². The SMILES string of the molecule is C[CH]CN1CCC(N(C(=O)c2ccco2)c2ccc(C)cc2)CC1. The van der Waals surface area contributed by atoms with Crippen LogP contribution in [0.3, 0.4) is 0 Å². The molecule has 1 aromatic carbocycles. The number of hydrogen-bond donors (Lipinski definition) is 0. The number of amides is 1. The molecule has 1 saturated heterocycles. The van der Waals surface area contributed by atoms with Crippen molar-refractivity contribution in [2.24, 2.45) is 0 Å². The number of rotatable bonds is 5. The number of hydrogen-bond acceptors (Lipinski definition) is 3. The highest BCUT2D eigenvalue weighted by atomic mass is 16.3. The topological polar surface area (TPSA) is 36.7 Å². The highest BCUT2D eigenvalue weighted by Crippen LogP contribution is 2.26. The highest BCUT2D eigenvalue weighted by molar-refractivity contribution is 6.04. The molecule has 0 unspecified atom stereocenters. The van der Waals surface area contributed by atoms with E-state index in [9.17, 15) is 4.79 Å². The first-order valence-corrected chi connectivity index (χ1v) is 8.63. The number of piperidine rings is 1. The predicted octanol–water partition coefficient (Wildman–Crippen LogP) is 3.92. The van der Waals surface area contributed by atoms with Gasteiger partial charge >= 0.3 is 0 Å². The van der Waals surface area contributed by atoms with Gasteiger partial charge in [-0.1, -0.05) is 24.6 Å². The number of benzene rings is 1. The van der Waals surface area contributed by atoms with Gasteiger partial charge in [0.05, 0.1) is 6.26 Å². The van der Waals surface area contributed by atoms with Gasteiger partial charge in [0.15, 0.2) is 5.76 Å². The van der Waals surface area contributed by atoms with Crippen LogP contribution in [0.15, 0.2) is 47.1 Å². The van der Waals surface area contributed by atoms with Crippen molar-refractivity contribution in [3.8, 4) is 0 Å². The number of anilines is 1. The molecule has 0 N–H and O–H groups in total. The van der Waals surface area contributed by atoms with Gasteiger partial charge in [0.2, 0.25) is 0 Å². The predicted molar refractivity (Wildman–Crippen MR) is 96.1 cm³/mol. The molecule has 24 heavy (non-hydrogen) atoms. The maximum absolute atomic E-state index is 13.0. The quantitative estimate of drug-likeness (QED) is 0.836. The summed E-state index contributed by atoms with van der Waals surface area (Å²) in [6.45, 7) is 7.20. The average Bonchev–Trinajstić information content (AvgIpc) is 3.13. The van der Waals surface area contributed by atoms with E-state index in [2.05, 4.69) is 37.3 Å². The molecular formula is C20H25N2O2. The lowest BCUT2D eigenvalue weighted by Crippen LogP contribution is -2.47. The Kier molecular flexibility index (Phi) is 5.36. The summed E-state index contributed by atoms with van der Waals surface area (Å²) < 4.78 is 5.37. The second kappa shape index (κ2) is 7.67.